The summed E-state index contributed by atoms with van der Waals surface area (Å²) in [6, 6.07) is 8.59. The maximum Gasteiger partial charge on any atom is 0.282 e. The molecule has 1 aromatic rings. The van der Waals surface area contributed by atoms with Gasteiger partial charge in [0, 0.05) is 45.0 Å². The van der Waals surface area contributed by atoms with Crippen molar-refractivity contribution in [2.24, 2.45) is 0 Å². The van der Waals surface area contributed by atoms with Gasteiger partial charge in [0.2, 0.25) is 0 Å². The van der Waals surface area contributed by atoms with Crippen LogP contribution in [0.25, 0.3) is 0 Å². The van der Waals surface area contributed by atoms with E-state index in [1.54, 1.807) is 15.7 Å². The van der Waals surface area contributed by atoms with Crippen LogP contribution in [0, 0.1) is 6.92 Å². The predicted octanol–water partition coefficient (Wildman–Crippen LogP) is 2.63. The first-order valence-corrected chi connectivity index (χ1v) is 10.4. The number of rotatable bonds is 4. The molecule has 1 aromatic carbocycles. The standard InChI is InChI=1S/C18H29N3O2S/c1-16-7-6-10-18(15-16)20-11-13-21(14-12-20)24(22,23)19(2)17-8-4-3-5-9-17/h6-7,10,15,17H,3-5,8-9,11-14H2,1-2H3. The van der Waals surface area contributed by atoms with Crippen LogP contribution >= 0.6 is 0 Å². The van der Waals surface area contributed by atoms with Gasteiger partial charge in [0.1, 0.15) is 0 Å². The summed E-state index contributed by atoms with van der Waals surface area (Å²) in [5.41, 5.74) is 2.42. The summed E-state index contributed by atoms with van der Waals surface area (Å²) < 4.78 is 29.1. The highest BCUT2D eigenvalue weighted by Crippen LogP contribution is 2.26. The van der Waals surface area contributed by atoms with Crippen LogP contribution in [0.2, 0.25) is 0 Å². The Morgan fingerprint density at radius 1 is 1.04 bits per heavy atom. The summed E-state index contributed by atoms with van der Waals surface area (Å²) >= 11 is 0. The summed E-state index contributed by atoms with van der Waals surface area (Å²) in [7, 11) is -1.57. The third-order valence-electron chi connectivity index (χ3n) is 5.38. The highest BCUT2D eigenvalue weighted by molar-refractivity contribution is 7.86. The van der Waals surface area contributed by atoms with E-state index in [1.165, 1.54) is 17.7 Å². The lowest BCUT2D eigenvalue weighted by molar-refractivity contribution is 0.259. The maximum absolute atomic E-state index is 12.9. The average molecular weight is 352 g/mol. The van der Waals surface area contributed by atoms with E-state index in [0.717, 1.165) is 38.8 Å². The molecule has 2 aliphatic rings. The third-order valence-corrected chi connectivity index (χ3v) is 7.43. The third kappa shape index (κ3) is 3.76. The molecule has 0 bridgehead atoms. The second-order valence-corrected chi connectivity index (χ2v) is 9.03. The zero-order chi connectivity index (χ0) is 17.2. The number of hydrogen-bond acceptors (Lipinski definition) is 3. The molecule has 24 heavy (non-hydrogen) atoms. The molecule has 0 unspecified atom stereocenters. The monoisotopic (exact) mass is 351 g/mol. The van der Waals surface area contributed by atoms with Gasteiger partial charge >= 0.3 is 0 Å². The van der Waals surface area contributed by atoms with Gasteiger partial charge < -0.3 is 4.90 Å². The molecule has 1 saturated heterocycles. The van der Waals surface area contributed by atoms with Crippen LogP contribution in [0.4, 0.5) is 5.69 Å². The van der Waals surface area contributed by atoms with Crippen LogP contribution in [-0.2, 0) is 10.2 Å². The molecular formula is C18H29N3O2S. The summed E-state index contributed by atoms with van der Waals surface area (Å²) in [5.74, 6) is 0. The second-order valence-electron chi connectivity index (χ2n) is 7.04. The van der Waals surface area contributed by atoms with E-state index >= 15 is 0 Å². The van der Waals surface area contributed by atoms with Gasteiger partial charge in [-0.25, -0.2) is 0 Å². The molecule has 0 atom stereocenters. The van der Waals surface area contributed by atoms with Crippen molar-refractivity contribution >= 4 is 15.9 Å². The lowest BCUT2D eigenvalue weighted by Crippen LogP contribution is -2.54. The summed E-state index contributed by atoms with van der Waals surface area (Å²) in [4.78, 5) is 2.28. The first kappa shape index (κ1) is 17.7. The lowest BCUT2D eigenvalue weighted by Gasteiger charge is -2.39. The molecule has 1 aliphatic carbocycles. The Morgan fingerprint density at radius 2 is 1.71 bits per heavy atom. The van der Waals surface area contributed by atoms with Crippen LogP contribution in [-0.4, -0.2) is 56.3 Å². The zero-order valence-electron chi connectivity index (χ0n) is 14.8. The molecule has 1 heterocycles. The van der Waals surface area contributed by atoms with E-state index in [1.807, 2.05) is 0 Å². The minimum atomic E-state index is -3.34. The highest BCUT2D eigenvalue weighted by Gasteiger charge is 2.34. The molecule has 134 valence electrons. The zero-order valence-corrected chi connectivity index (χ0v) is 15.6. The van der Waals surface area contributed by atoms with Crippen molar-refractivity contribution in [2.45, 2.75) is 45.1 Å². The quantitative estimate of drug-likeness (QED) is 0.838. The van der Waals surface area contributed by atoms with Gasteiger partial charge in [0.05, 0.1) is 0 Å². The Morgan fingerprint density at radius 3 is 2.33 bits per heavy atom. The van der Waals surface area contributed by atoms with Crippen molar-refractivity contribution in [3.63, 3.8) is 0 Å². The van der Waals surface area contributed by atoms with Gasteiger partial charge in [0.25, 0.3) is 10.2 Å². The number of benzene rings is 1. The number of aryl methyl sites for hydroxylation is 1. The van der Waals surface area contributed by atoms with Crippen LogP contribution in [0.15, 0.2) is 24.3 Å². The minimum absolute atomic E-state index is 0.179. The molecular weight excluding hydrogens is 322 g/mol. The fraction of sp³-hybridized carbons (Fsp3) is 0.667. The minimum Gasteiger partial charge on any atom is -0.369 e. The molecule has 0 spiro atoms. The van der Waals surface area contributed by atoms with E-state index in [9.17, 15) is 8.42 Å². The second kappa shape index (κ2) is 7.42. The van der Waals surface area contributed by atoms with E-state index in [2.05, 4.69) is 36.1 Å². The van der Waals surface area contributed by atoms with E-state index < -0.39 is 10.2 Å². The summed E-state index contributed by atoms with van der Waals surface area (Å²) in [6.45, 7) is 4.71. The van der Waals surface area contributed by atoms with Gasteiger partial charge in [0.15, 0.2) is 0 Å². The Hall–Kier alpha value is -1.11. The molecule has 0 aromatic heterocycles. The van der Waals surface area contributed by atoms with E-state index in [0.29, 0.717) is 13.1 Å². The maximum atomic E-state index is 12.9. The van der Waals surface area contributed by atoms with Crippen LogP contribution in [0.3, 0.4) is 0 Å². The number of hydrogen-bond donors (Lipinski definition) is 0. The van der Waals surface area contributed by atoms with Crippen LogP contribution in [0.1, 0.15) is 37.7 Å². The highest BCUT2D eigenvalue weighted by atomic mass is 32.2. The Balaban J connectivity index is 1.62. The fourth-order valence-corrected chi connectivity index (χ4v) is 5.39. The predicted molar refractivity (Wildman–Crippen MR) is 98.5 cm³/mol. The first-order valence-electron chi connectivity index (χ1n) is 9.03. The molecule has 1 saturated carbocycles. The molecule has 6 heteroatoms. The molecule has 3 rings (SSSR count). The van der Waals surface area contributed by atoms with Crippen LogP contribution in [0.5, 0.6) is 0 Å². The first-order chi connectivity index (χ1) is 11.5. The number of piperazine rings is 1. The van der Waals surface area contributed by atoms with Gasteiger partial charge in [-0.2, -0.15) is 17.0 Å². The smallest absolute Gasteiger partial charge is 0.282 e. The molecule has 0 radical (unpaired) electrons. The fourth-order valence-electron chi connectivity index (χ4n) is 3.82. The summed E-state index contributed by atoms with van der Waals surface area (Å²) in [6.07, 6.45) is 5.52. The van der Waals surface area contributed by atoms with Gasteiger partial charge in [-0.15, -0.1) is 0 Å². The van der Waals surface area contributed by atoms with Gasteiger partial charge in [-0.1, -0.05) is 31.4 Å². The van der Waals surface area contributed by atoms with Crippen molar-refractivity contribution in [1.29, 1.82) is 0 Å². The van der Waals surface area contributed by atoms with E-state index in [4.69, 9.17) is 0 Å². The SMILES string of the molecule is Cc1cccc(N2CCN(S(=O)(=O)N(C)C3CCCCC3)CC2)c1. The molecule has 1 aliphatic heterocycles. The van der Waals surface area contributed by atoms with Crippen molar-refractivity contribution < 1.29 is 8.42 Å². The van der Waals surface area contributed by atoms with Crippen molar-refractivity contribution in [3.05, 3.63) is 29.8 Å². The molecule has 0 N–H and O–H groups in total. The Bertz CT molecular complexity index is 648. The Labute approximate surface area is 146 Å². The van der Waals surface area contributed by atoms with Crippen LogP contribution < -0.4 is 4.90 Å². The largest absolute Gasteiger partial charge is 0.369 e. The van der Waals surface area contributed by atoms with Gasteiger partial charge in [-0.3, -0.25) is 0 Å². The molecule has 0 amide bonds. The number of anilines is 1. The van der Waals surface area contributed by atoms with Crippen molar-refractivity contribution in [3.8, 4) is 0 Å². The van der Waals surface area contributed by atoms with E-state index in [-0.39, 0.29) is 6.04 Å². The topological polar surface area (TPSA) is 43.9 Å². The van der Waals surface area contributed by atoms with Gasteiger partial charge in [-0.05, 0) is 37.5 Å². The normalized spacial score (nSPS) is 21.4. The van der Waals surface area contributed by atoms with Crippen molar-refractivity contribution in [1.82, 2.24) is 8.61 Å². The average Bonchev–Trinajstić information content (AvgIpc) is 2.62. The van der Waals surface area contributed by atoms with Crippen molar-refractivity contribution in [2.75, 3.05) is 38.1 Å². The lowest BCUT2D eigenvalue weighted by atomic mass is 9.96. The molecule has 5 nitrogen and oxygen atoms in total. The molecule has 2 fully saturated rings. The summed E-state index contributed by atoms with van der Waals surface area (Å²) in [5, 5.41) is 0. The Kier molecular flexibility index (Phi) is 5.47. The number of nitrogens with zero attached hydrogens (tertiary/aromatic N) is 3.